The lowest BCUT2D eigenvalue weighted by atomic mass is 9.64. The van der Waals surface area contributed by atoms with Gasteiger partial charge in [-0.05, 0) is 48.6 Å². The Morgan fingerprint density at radius 3 is 2.33 bits per heavy atom. The van der Waals surface area contributed by atoms with E-state index in [-0.39, 0.29) is 11.7 Å². The van der Waals surface area contributed by atoms with E-state index in [9.17, 15) is 9.59 Å². The topological polar surface area (TPSA) is 70.6 Å². The third-order valence-electron chi connectivity index (χ3n) is 7.21. The molecule has 1 amide bonds. The monoisotopic (exact) mass is 443 g/mol. The van der Waals surface area contributed by atoms with E-state index in [4.69, 9.17) is 23.2 Å². The number of Topliss-reactive ketones (excluding diaryl/α,β-unsaturated/α-hetero) is 1. The zero-order valence-corrected chi connectivity index (χ0v) is 18.6. The van der Waals surface area contributed by atoms with Crippen LogP contribution in [0.1, 0.15) is 33.6 Å². The summed E-state index contributed by atoms with van der Waals surface area (Å²) in [6.45, 7) is 5.99. The van der Waals surface area contributed by atoms with Crippen LogP contribution in [0, 0.1) is 16.2 Å². The Morgan fingerprint density at radius 2 is 1.67 bits per heavy atom. The fourth-order valence-electron chi connectivity index (χ4n) is 4.92. The van der Waals surface area contributed by atoms with Gasteiger partial charge >= 0.3 is 0 Å². The summed E-state index contributed by atoms with van der Waals surface area (Å²) < 4.78 is 0. The molecule has 7 heteroatoms. The number of hydrazone groups is 1. The van der Waals surface area contributed by atoms with Crippen LogP contribution in [0.3, 0.4) is 0 Å². The predicted octanol–water partition coefficient (Wildman–Crippen LogP) is 5.80. The molecule has 156 valence electrons. The SMILES string of the molecule is CC12CCC(C(=O)Nc3ccc(Cl)c(Cl)c3)(C(=O)/C1=N\Nc1ccccc1)C2(C)C. The number of ketones is 1. The van der Waals surface area contributed by atoms with Crippen LogP contribution in [-0.2, 0) is 9.59 Å². The fourth-order valence-corrected chi connectivity index (χ4v) is 5.22. The number of benzene rings is 2. The highest BCUT2D eigenvalue weighted by Gasteiger charge is 2.76. The van der Waals surface area contributed by atoms with Crippen molar-refractivity contribution < 1.29 is 9.59 Å². The lowest BCUT2D eigenvalue weighted by molar-refractivity contribution is -0.139. The van der Waals surface area contributed by atoms with E-state index in [0.717, 1.165) is 5.69 Å². The molecule has 2 aromatic rings. The molecule has 2 fully saturated rings. The molecule has 2 N–H and O–H groups in total. The second kappa shape index (κ2) is 7.10. The Bertz CT molecular complexity index is 1070. The molecule has 2 saturated carbocycles. The van der Waals surface area contributed by atoms with Crippen molar-refractivity contribution in [3.8, 4) is 0 Å². The highest BCUT2D eigenvalue weighted by atomic mass is 35.5. The van der Waals surface area contributed by atoms with Gasteiger partial charge in [-0.1, -0.05) is 62.2 Å². The summed E-state index contributed by atoms with van der Waals surface area (Å²) in [5, 5.41) is 8.12. The van der Waals surface area contributed by atoms with E-state index in [2.05, 4.69) is 15.8 Å². The number of carbonyl (C=O) groups is 2. The first-order valence-corrected chi connectivity index (χ1v) is 10.6. The Morgan fingerprint density at radius 1 is 0.967 bits per heavy atom. The second-order valence-electron chi connectivity index (χ2n) is 8.71. The Hall–Kier alpha value is -2.37. The average Bonchev–Trinajstić information content (AvgIpc) is 2.99. The third-order valence-corrected chi connectivity index (χ3v) is 7.95. The zero-order valence-electron chi connectivity index (χ0n) is 17.1. The number of nitrogens with one attached hydrogen (secondary N) is 2. The molecule has 4 rings (SSSR count). The molecule has 2 atom stereocenters. The Balaban J connectivity index is 1.69. The van der Waals surface area contributed by atoms with Crippen molar-refractivity contribution in [3.63, 3.8) is 0 Å². The van der Waals surface area contributed by atoms with Gasteiger partial charge < -0.3 is 5.32 Å². The van der Waals surface area contributed by atoms with Crippen molar-refractivity contribution in [1.29, 1.82) is 0 Å². The zero-order chi connectivity index (χ0) is 21.7. The van der Waals surface area contributed by atoms with Crippen LogP contribution in [-0.4, -0.2) is 17.4 Å². The summed E-state index contributed by atoms with van der Waals surface area (Å²) in [6.07, 6.45) is 1.18. The number of hydrogen-bond acceptors (Lipinski definition) is 4. The maximum atomic E-state index is 13.6. The number of fused-ring (bicyclic) bond motifs is 2. The van der Waals surface area contributed by atoms with Gasteiger partial charge in [-0.25, -0.2) is 0 Å². The Kier molecular flexibility index (Phi) is 4.94. The van der Waals surface area contributed by atoms with E-state index >= 15 is 0 Å². The fraction of sp³-hybridized carbons (Fsp3) is 0.348. The molecular formula is C23H23Cl2N3O2. The van der Waals surface area contributed by atoms with Crippen molar-refractivity contribution >= 4 is 52.0 Å². The quantitative estimate of drug-likeness (QED) is 0.463. The highest BCUT2D eigenvalue weighted by molar-refractivity contribution is 6.51. The van der Waals surface area contributed by atoms with Crippen molar-refractivity contribution in [2.75, 3.05) is 10.7 Å². The average molecular weight is 444 g/mol. The number of carbonyl (C=O) groups excluding carboxylic acids is 2. The number of rotatable bonds is 4. The molecule has 2 aliphatic carbocycles. The molecule has 0 aliphatic heterocycles. The summed E-state index contributed by atoms with van der Waals surface area (Å²) in [6, 6.07) is 14.3. The van der Waals surface area contributed by atoms with E-state index in [1.807, 2.05) is 51.1 Å². The van der Waals surface area contributed by atoms with Crippen LogP contribution in [0.15, 0.2) is 53.6 Å². The molecule has 30 heavy (non-hydrogen) atoms. The largest absolute Gasteiger partial charge is 0.325 e. The van der Waals surface area contributed by atoms with Gasteiger partial charge in [0.25, 0.3) is 0 Å². The molecule has 0 spiro atoms. The van der Waals surface area contributed by atoms with Crippen molar-refractivity contribution in [2.24, 2.45) is 21.3 Å². The minimum Gasteiger partial charge on any atom is -0.325 e. The van der Waals surface area contributed by atoms with E-state index in [0.29, 0.717) is 34.3 Å². The van der Waals surface area contributed by atoms with E-state index < -0.39 is 16.2 Å². The number of halogens is 2. The van der Waals surface area contributed by atoms with Crippen LogP contribution in [0.25, 0.3) is 0 Å². The van der Waals surface area contributed by atoms with Crippen LogP contribution in [0.5, 0.6) is 0 Å². The summed E-state index contributed by atoms with van der Waals surface area (Å²) in [4.78, 5) is 27.1. The summed E-state index contributed by atoms with van der Waals surface area (Å²) >= 11 is 12.1. The molecule has 0 heterocycles. The lowest BCUT2D eigenvalue weighted by Crippen LogP contribution is -2.47. The first-order valence-electron chi connectivity index (χ1n) is 9.84. The van der Waals surface area contributed by atoms with Crippen LogP contribution in [0.2, 0.25) is 10.0 Å². The van der Waals surface area contributed by atoms with E-state index in [1.165, 1.54) is 0 Å². The van der Waals surface area contributed by atoms with Crippen molar-refractivity contribution in [1.82, 2.24) is 0 Å². The normalized spacial score (nSPS) is 28.0. The molecule has 0 aromatic heterocycles. The minimum absolute atomic E-state index is 0.220. The standard InChI is InChI=1S/C23H23Cl2N3O2/c1-21(2)22(3)11-12-23(21,20(30)26-15-9-10-16(24)17(25)13-15)19(29)18(22)28-27-14-7-5-4-6-8-14/h4-10,13,27H,11-12H2,1-3H3,(H,26,30)/b28-18+. The van der Waals surface area contributed by atoms with Gasteiger partial charge in [0.05, 0.1) is 15.7 Å². The van der Waals surface area contributed by atoms with Crippen molar-refractivity contribution in [3.05, 3.63) is 58.6 Å². The molecule has 2 aromatic carbocycles. The third kappa shape index (κ3) is 2.79. The molecule has 0 saturated heterocycles. The maximum Gasteiger partial charge on any atom is 0.239 e. The number of hydrogen-bond donors (Lipinski definition) is 2. The van der Waals surface area contributed by atoms with Crippen LogP contribution >= 0.6 is 23.2 Å². The van der Waals surface area contributed by atoms with E-state index in [1.54, 1.807) is 18.2 Å². The van der Waals surface area contributed by atoms with Gasteiger partial charge in [0, 0.05) is 11.1 Å². The lowest BCUT2D eigenvalue weighted by Gasteiger charge is -2.37. The summed E-state index contributed by atoms with van der Waals surface area (Å²) in [5.41, 5.74) is 2.40. The smallest absolute Gasteiger partial charge is 0.239 e. The van der Waals surface area contributed by atoms with Crippen molar-refractivity contribution in [2.45, 2.75) is 33.6 Å². The Labute approximate surface area is 185 Å². The highest BCUT2D eigenvalue weighted by Crippen LogP contribution is 2.69. The molecule has 2 bridgehead atoms. The first-order chi connectivity index (χ1) is 14.1. The number of amides is 1. The van der Waals surface area contributed by atoms with Crippen LogP contribution in [0.4, 0.5) is 11.4 Å². The summed E-state index contributed by atoms with van der Waals surface area (Å²) in [7, 11) is 0. The first kappa shape index (κ1) is 20.9. The molecule has 5 nitrogen and oxygen atoms in total. The molecule has 2 unspecified atom stereocenters. The molecule has 0 radical (unpaired) electrons. The predicted molar refractivity (Wildman–Crippen MR) is 121 cm³/mol. The minimum atomic E-state index is -1.19. The molecule has 2 aliphatic rings. The number of anilines is 2. The van der Waals surface area contributed by atoms with Crippen LogP contribution < -0.4 is 10.7 Å². The van der Waals surface area contributed by atoms with Gasteiger partial charge in [0.1, 0.15) is 11.1 Å². The molecular weight excluding hydrogens is 421 g/mol. The van der Waals surface area contributed by atoms with Gasteiger partial charge in [0.15, 0.2) is 5.78 Å². The summed E-state index contributed by atoms with van der Waals surface area (Å²) in [5.74, 6) is -0.549. The van der Waals surface area contributed by atoms with Gasteiger partial charge in [0.2, 0.25) is 5.91 Å². The number of nitrogens with zero attached hydrogens (tertiary/aromatic N) is 1. The van der Waals surface area contributed by atoms with Gasteiger partial charge in [-0.2, -0.15) is 5.10 Å². The number of para-hydroxylation sites is 1. The van der Waals surface area contributed by atoms with Gasteiger partial charge in [-0.3, -0.25) is 15.0 Å². The maximum absolute atomic E-state index is 13.6. The second-order valence-corrected chi connectivity index (χ2v) is 9.53. The van der Waals surface area contributed by atoms with Gasteiger partial charge in [-0.15, -0.1) is 0 Å².